The second kappa shape index (κ2) is 6.92. The smallest absolute Gasteiger partial charge is 0.282 e. The zero-order valence-corrected chi connectivity index (χ0v) is 17.1. The number of aromatic amines is 1. The van der Waals surface area contributed by atoms with Crippen molar-refractivity contribution < 1.29 is 0 Å². The van der Waals surface area contributed by atoms with Crippen LogP contribution < -0.4 is 10.5 Å². The van der Waals surface area contributed by atoms with E-state index >= 15 is 0 Å². The summed E-state index contributed by atoms with van der Waals surface area (Å²) >= 11 is 6.25. The van der Waals surface area contributed by atoms with E-state index in [1.165, 1.54) is 6.33 Å². The standard InChI is InChI=1S/C21H17ClN8O/c22-13-4-1-5-14(10-13)30-19(27-29-9-3-7-16(29)21(30)31)15-6-2-8-28(15)20-17-18(24-11-23-17)25-12-26-20/h1,3-5,7,9-12,15H,2,6,8H2,(H,23,24,25,26)/t15-/m0/s1. The van der Waals surface area contributed by atoms with Gasteiger partial charge in [-0.05, 0) is 43.2 Å². The molecule has 1 N–H and O–H groups in total. The molecule has 0 spiro atoms. The summed E-state index contributed by atoms with van der Waals surface area (Å²) in [7, 11) is 0. The van der Waals surface area contributed by atoms with Crippen molar-refractivity contribution in [3.63, 3.8) is 0 Å². The maximum absolute atomic E-state index is 13.5. The number of fused-ring (bicyclic) bond motifs is 2. The first-order valence-electron chi connectivity index (χ1n) is 9.98. The maximum atomic E-state index is 13.5. The fourth-order valence-electron chi connectivity index (χ4n) is 4.34. The highest BCUT2D eigenvalue weighted by molar-refractivity contribution is 6.30. The van der Waals surface area contributed by atoms with Crippen molar-refractivity contribution in [3.05, 3.63) is 76.5 Å². The monoisotopic (exact) mass is 432 g/mol. The Morgan fingerprint density at radius 1 is 1.13 bits per heavy atom. The van der Waals surface area contributed by atoms with E-state index < -0.39 is 0 Å². The van der Waals surface area contributed by atoms with Crippen LogP contribution in [-0.4, -0.2) is 40.7 Å². The lowest BCUT2D eigenvalue weighted by molar-refractivity contribution is 0.602. The lowest BCUT2D eigenvalue weighted by Crippen LogP contribution is -2.33. The molecular formula is C21H17ClN8O. The summed E-state index contributed by atoms with van der Waals surface area (Å²) in [4.78, 5) is 31.8. The third-order valence-corrected chi connectivity index (χ3v) is 5.92. The predicted molar refractivity (Wildman–Crippen MR) is 117 cm³/mol. The van der Waals surface area contributed by atoms with Crippen molar-refractivity contribution in [2.75, 3.05) is 11.4 Å². The van der Waals surface area contributed by atoms with E-state index in [0.29, 0.717) is 27.7 Å². The number of nitrogens with zero attached hydrogens (tertiary/aromatic N) is 7. The zero-order valence-electron chi connectivity index (χ0n) is 16.3. The molecule has 1 aromatic carbocycles. The molecule has 0 aliphatic carbocycles. The summed E-state index contributed by atoms with van der Waals surface area (Å²) in [6, 6.07) is 10.7. The molecule has 1 aliphatic heterocycles. The van der Waals surface area contributed by atoms with Gasteiger partial charge in [0.15, 0.2) is 17.3 Å². The lowest BCUT2D eigenvalue weighted by atomic mass is 10.2. The van der Waals surface area contributed by atoms with Crippen LogP contribution in [-0.2, 0) is 0 Å². The number of rotatable bonds is 3. The van der Waals surface area contributed by atoms with E-state index in [0.717, 1.165) is 30.7 Å². The van der Waals surface area contributed by atoms with E-state index in [-0.39, 0.29) is 11.6 Å². The van der Waals surface area contributed by atoms with E-state index in [4.69, 9.17) is 16.7 Å². The predicted octanol–water partition coefficient (Wildman–Crippen LogP) is 3.15. The topological polar surface area (TPSA) is 97.0 Å². The Morgan fingerprint density at radius 3 is 2.97 bits per heavy atom. The van der Waals surface area contributed by atoms with Crippen LogP contribution in [0, 0.1) is 0 Å². The molecule has 5 aromatic rings. The molecule has 1 atom stereocenters. The molecule has 0 unspecified atom stereocenters. The molecular weight excluding hydrogens is 416 g/mol. The van der Waals surface area contributed by atoms with Crippen molar-refractivity contribution in [1.29, 1.82) is 0 Å². The van der Waals surface area contributed by atoms with Crippen LogP contribution in [0.15, 0.2) is 60.0 Å². The summed E-state index contributed by atoms with van der Waals surface area (Å²) in [5.41, 5.74) is 2.43. The molecule has 0 bridgehead atoms. The SMILES string of the molecule is O=c1c2cccn2nc([C@@H]2CCCN2c2ncnc3nc[nH]c23)n1-c1cccc(Cl)c1. The molecule has 9 nitrogen and oxygen atoms in total. The highest BCUT2D eigenvalue weighted by Crippen LogP contribution is 2.36. The van der Waals surface area contributed by atoms with Gasteiger partial charge in [-0.2, -0.15) is 5.10 Å². The summed E-state index contributed by atoms with van der Waals surface area (Å²) in [6.07, 6.45) is 6.69. The molecule has 4 aromatic heterocycles. The molecule has 5 heterocycles. The quantitative estimate of drug-likeness (QED) is 0.470. The number of hydrogen-bond acceptors (Lipinski definition) is 6. The van der Waals surface area contributed by atoms with Gasteiger partial charge in [0.25, 0.3) is 5.56 Å². The number of halogens is 1. The average molecular weight is 433 g/mol. The van der Waals surface area contributed by atoms with Gasteiger partial charge in [-0.3, -0.25) is 9.36 Å². The summed E-state index contributed by atoms with van der Waals surface area (Å²) < 4.78 is 3.30. The van der Waals surface area contributed by atoms with Gasteiger partial charge in [0, 0.05) is 17.8 Å². The molecule has 154 valence electrons. The third-order valence-electron chi connectivity index (χ3n) is 5.68. The van der Waals surface area contributed by atoms with Crippen LogP contribution in [0.5, 0.6) is 0 Å². The first-order chi connectivity index (χ1) is 15.2. The lowest BCUT2D eigenvalue weighted by Gasteiger charge is -2.27. The first kappa shape index (κ1) is 18.1. The van der Waals surface area contributed by atoms with Crippen molar-refractivity contribution in [3.8, 4) is 5.69 Å². The Bertz CT molecular complexity index is 1490. The van der Waals surface area contributed by atoms with Gasteiger partial charge in [0.2, 0.25) is 0 Å². The van der Waals surface area contributed by atoms with Crippen molar-refractivity contribution in [1.82, 2.24) is 34.1 Å². The molecule has 6 rings (SSSR count). The van der Waals surface area contributed by atoms with Gasteiger partial charge in [-0.1, -0.05) is 17.7 Å². The molecule has 10 heteroatoms. The fraction of sp³-hybridized carbons (Fsp3) is 0.190. The van der Waals surface area contributed by atoms with Crippen LogP contribution in [0.2, 0.25) is 5.02 Å². The maximum Gasteiger partial charge on any atom is 0.282 e. The number of imidazole rings is 1. The van der Waals surface area contributed by atoms with E-state index in [1.807, 2.05) is 18.2 Å². The van der Waals surface area contributed by atoms with Crippen LogP contribution in [0.1, 0.15) is 24.7 Å². The fourth-order valence-corrected chi connectivity index (χ4v) is 4.53. The minimum Gasteiger partial charge on any atom is -0.344 e. The normalized spacial score (nSPS) is 16.5. The molecule has 0 radical (unpaired) electrons. The molecule has 1 fully saturated rings. The van der Waals surface area contributed by atoms with Crippen LogP contribution in [0.3, 0.4) is 0 Å². The minimum absolute atomic E-state index is 0.140. The second-order valence-corrected chi connectivity index (χ2v) is 7.90. The van der Waals surface area contributed by atoms with Crippen molar-refractivity contribution in [2.24, 2.45) is 0 Å². The number of aromatic nitrogens is 7. The van der Waals surface area contributed by atoms with Gasteiger partial charge in [0.05, 0.1) is 18.1 Å². The molecule has 1 saturated heterocycles. The Kier molecular flexibility index (Phi) is 4.03. The van der Waals surface area contributed by atoms with Crippen LogP contribution in [0.25, 0.3) is 22.4 Å². The first-order valence-corrected chi connectivity index (χ1v) is 10.4. The summed E-state index contributed by atoms with van der Waals surface area (Å²) in [6.45, 7) is 0.783. The summed E-state index contributed by atoms with van der Waals surface area (Å²) in [5.74, 6) is 1.39. The number of anilines is 1. The van der Waals surface area contributed by atoms with E-state index in [2.05, 4.69) is 24.8 Å². The van der Waals surface area contributed by atoms with Crippen molar-refractivity contribution in [2.45, 2.75) is 18.9 Å². The Hall–Kier alpha value is -3.72. The minimum atomic E-state index is -0.153. The third kappa shape index (κ3) is 2.81. The second-order valence-electron chi connectivity index (χ2n) is 7.47. The number of hydrogen-bond donors (Lipinski definition) is 1. The Morgan fingerprint density at radius 2 is 2.06 bits per heavy atom. The number of nitrogens with one attached hydrogen (secondary N) is 1. The zero-order chi connectivity index (χ0) is 20.9. The number of H-pyrrole nitrogens is 1. The van der Waals surface area contributed by atoms with Gasteiger partial charge < -0.3 is 9.88 Å². The van der Waals surface area contributed by atoms with Gasteiger partial charge in [-0.15, -0.1) is 0 Å². The highest BCUT2D eigenvalue weighted by Gasteiger charge is 2.33. The van der Waals surface area contributed by atoms with E-state index in [1.54, 1.807) is 39.8 Å². The Labute approximate surface area is 181 Å². The molecule has 1 aliphatic rings. The van der Waals surface area contributed by atoms with Crippen LogP contribution >= 0.6 is 11.6 Å². The molecule has 0 saturated carbocycles. The number of benzene rings is 1. The average Bonchev–Trinajstić information content (AvgIpc) is 3.52. The van der Waals surface area contributed by atoms with E-state index in [9.17, 15) is 4.79 Å². The van der Waals surface area contributed by atoms with Gasteiger partial charge >= 0.3 is 0 Å². The highest BCUT2D eigenvalue weighted by atomic mass is 35.5. The van der Waals surface area contributed by atoms with Gasteiger partial charge in [0.1, 0.15) is 17.4 Å². The van der Waals surface area contributed by atoms with Crippen LogP contribution in [0.4, 0.5) is 5.82 Å². The van der Waals surface area contributed by atoms with Crippen molar-refractivity contribution >= 4 is 34.1 Å². The molecule has 0 amide bonds. The largest absolute Gasteiger partial charge is 0.344 e. The summed E-state index contributed by atoms with van der Waals surface area (Å²) in [5, 5.41) is 5.41. The van der Waals surface area contributed by atoms with Gasteiger partial charge in [-0.25, -0.2) is 19.5 Å². The Balaban J connectivity index is 1.59. The molecule has 31 heavy (non-hydrogen) atoms.